The number of benzene rings is 4. The fourth-order valence-corrected chi connectivity index (χ4v) is 5.85. The SMILES string of the molecule is Cc1ccc(-c2ccc(-c3cc[c-]c(-c4cc(C(C)(C)C)ccn4)c3)c3cnccc23)c(C)c1.Cc1ccnc(-c2[c-]cccc2)c1.[Ir]. The standard InChI is InChI=1S/C32H29N2.C12H10N.Ir/c1-21-9-10-26(22(2)17-21)28-12-11-27(30-20-33-15-14-29(28)30)23-7-6-8-24(18-23)31-19-25(13-16-34-31)32(3,4)5;1-10-7-8-13-12(9-10)11-5-3-2-4-6-11;/h6-7,9-20H,1-5H3;2-5,7-9H,1H3;/q2*-1;. The van der Waals surface area contributed by atoms with Gasteiger partial charge in [-0.15, -0.1) is 71.3 Å². The van der Waals surface area contributed by atoms with Crippen molar-refractivity contribution in [2.75, 3.05) is 0 Å². The van der Waals surface area contributed by atoms with E-state index in [2.05, 4.69) is 135 Å². The molecule has 3 aromatic heterocycles. The van der Waals surface area contributed by atoms with E-state index in [1.807, 2.05) is 61.2 Å². The van der Waals surface area contributed by atoms with Crippen molar-refractivity contribution in [2.45, 2.75) is 47.0 Å². The third-order valence-corrected chi connectivity index (χ3v) is 8.41. The number of aromatic nitrogens is 3. The van der Waals surface area contributed by atoms with Gasteiger partial charge in [-0.25, -0.2) is 0 Å². The minimum Gasteiger partial charge on any atom is -0.305 e. The number of fused-ring (bicyclic) bond motifs is 1. The number of nitrogens with zero attached hydrogens (tertiary/aromatic N) is 3. The van der Waals surface area contributed by atoms with E-state index in [1.165, 1.54) is 44.3 Å². The van der Waals surface area contributed by atoms with Crippen LogP contribution in [0.15, 0.2) is 128 Å². The Morgan fingerprint density at radius 2 is 1.27 bits per heavy atom. The summed E-state index contributed by atoms with van der Waals surface area (Å²) in [4.78, 5) is 13.4. The van der Waals surface area contributed by atoms with Gasteiger partial charge < -0.3 is 9.97 Å². The van der Waals surface area contributed by atoms with Gasteiger partial charge in [0.25, 0.3) is 0 Å². The van der Waals surface area contributed by atoms with Crippen LogP contribution in [0.5, 0.6) is 0 Å². The molecule has 0 fully saturated rings. The van der Waals surface area contributed by atoms with E-state index in [4.69, 9.17) is 0 Å². The Labute approximate surface area is 298 Å². The normalized spacial score (nSPS) is 11.0. The zero-order valence-electron chi connectivity index (χ0n) is 28.3. The second kappa shape index (κ2) is 15.0. The predicted molar refractivity (Wildman–Crippen MR) is 196 cm³/mol. The molecule has 3 heterocycles. The monoisotopic (exact) mass is 802 g/mol. The first-order valence-corrected chi connectivity index (χ1v) is 16.0. The van der Waals surface area contributed by atoms with Crippen LogP contribution >= 0.6 is 0 Å². The Morgan fingerprint density at radius 1 is 0.562 bits per heavy atom. The van der Waals surface area contributed by atoms with Gasteiger partial charge in [0, 0.05) is 50.3 Å². The molecule has 0 aliphatic rings. The average molecular weight is 802 g/mol. The molecule has 0 atom stereocenters. The second-order valence-electron chi connectivity index (χ2n) is 13.1. The number of hydrogen-bond acceptors (Lipinski definition) is 3. The molecular weight excluding hydrogens is 763 g/mol. The van der Waals surface area contributed by atoms with Crippen molar-refractivity contribution < 1.29 is 20.1 Å². The van der Waals surface area contributed by atoms with Gasteiger partial charge in [0.15, 0.2) is 0 Å². The first-order valence-electron chi connectivity index (χ1n) is 16.0. The minimum atomic E-state index is 0. The summed E-state index contributed by atoms with van der Waals surface area (Å²) >= 11 is 0. The predicted octanol–water partition coefficient (Wildman–Crippen LogP) is 11.2. The molecule has 0 amide bonds. The van der Waals surface area contributed by atoms with Crippen LogP contribution in [0.4, 0.5) is 0 Å². The van der Waals surface area contributed by atoms with Crippen LogP contribution in [0, 0.1) is 32.9 Å². The number of aryl methyl sites for hydroxylation is 3. The van der Waals surface area contributed by atoms with E-state index in [0.717, 1.165) is 33.5 Å². The second-order valence-corrected chi connectivity index (χ2v) is 13.1. The quantitative estimate of drug-likeness (QED) is 0.166. The van der Waals surface area contributed by atoms with E-state index in [0.29, 0.717) is 0 Å². The number of pyridine rings is 3. The fourth-order valence-electron chi connectivity index (χ4n) is 5.85. The third-order valence-electron chi connectivity index (χ3n) is 8.41. The van der Waals surface area contributed by atoms with Crippen molar-refractivity contribution in [1.82, 2.24) is 15.0 Å². The summed E-state index contributed by atoms with van der Waals surface area (Å²) in [5.41, 5.74) is 13.9. The number of rotatable bonds is 4. The van der Waals surface area contributed by atoms with Gasteiger partial charge in [-0.3, -0.25) is 4.98 Å². The molecule has 0 aliphatic heterocycles. The topological polar surface area (TPSA) is 38.7 Å². The first kappa shape index (κ1) is 34.6. The maximum absolute atomic E-state index is 4.65. The van der Waals surface area contributed by atoms with Crippen LogP contribution < -0.4 is 0 Å². The maximum atomic E-state index is 4.65. The Kier molecular flexibility index (Phi) is 10.8. The molecule has 7 rings (SSSR count). The van der Waals surface area contributed by atoms with Crippen molar-refractivity contribution >= 4 is 10.8 Å². The number of hydrogen-bond donors (Lipinski definition) is 0. The molecule has 0 aliphatic carbocycles. The van der Waals surface area contributed by atoms with E-state index in [-0.39, 0.29) is 25.5 Å². The molecule has 241 valence electrons. The molecule has 3 nitrogen and oxygen atoms in total. The van der Waals surface area contributed by atoms with Crippen LogP contribution in [0.3, 0.4) is 0 Å². The Morgan fingerprint density at radius 3 is 2.00 bits per heavy atom. The summed E-state index contributed by atoms with van der Waals surface area (Å²) in [6, 6.07) is 42.3. The first-order chi connectivity index (χ1) is 22.7. The molecule has 0 N–H and O–H groups in total. The molecule has 0 spiro atoms. The third kappa shape index (κ3) is 7.85. The van der Waals surface area contributed by atoms with Gasteiger partial charge in [0.05, 0.1) is 0 Å². The Bertz CT molecular complexity index is 2160. The Balaban J connectivity index is 0.000000270. The van der Waals surface area contributed by atoms with E-state index in [1.54, 1.807) is 0 Å². The fraction of sp³-hybridized carbons (Fsp3) is 0.159. The van der Waals surface area contributed by atoms with E-state index < -0.39 is 0 Å². The molecular formula is C44H39IrN3-2. The summed E-state index contributed by atoms with van der Waals surface area (Å²) in [5, 5.41) is 2.36. The van der Waals surface area contributed by atoms with Crippen LogP contribution in [-0.4, -0.2) is 15.0 Å². The van der Waals surface area contributed by atoms with Gasteiger partial charge in [-0.05, 0) is 89.0 Å². The van der Waals surface area contributed by atoms with Crippen LogP contribution in [0.1, 0.15) is 43.0 Å². The Hall–Kier alpha value is -4.76. The molecule has 0 saturated heterocycles. The van der Waals surface area contributed by atoms with Crippen LogP contribution in [0.2, 0.25) is 0 Å². The van der Waals surface area contributed by atoms with Gasteiger partial charge >= 0.3 is 0 Å². The zero-order chi connectivity index (χ0) is 33.0. The van der Waals surface area contributed by atoms with Crippen molar-refractivity contribution in [1.29, 1.82) is 0 Å². The van der Waals surface area contributed by atoms with Gasteiger partial charge in [-0.1, -0.05) is 74.4 Å². The summed E-state index contributed by atoms with van der Waals surface area (Å²) in [6.07, 6.45) is 7.58. The molecule has 4 aromatic carbocycles. The minimum absolute atomic E-state index is 0. The molecule has 1 radical (unpaired) electrons. The molecule has 0 unspecified atom stereocenters. The molecule has 0 saturated carbocycles. The summed E-state index contributed by atoms with van der Waals surface area (Å²) in [6.45, 7) is 13.1. The summed E-state index contributed by atoms with van der Waals surface area (Å²) in [5.74, 6) is 0. The molecule has 0 bridgehead atoms. The molecule has 4 heteroatoms. The van der Waals surface area contributed by atoms with Crippen LogP contribution in [-0.2, 0) is 25.5 Å². The summed E-state index contributed by atoms with van der Waals surface area (Å²) in [7, 11) is 0. The zero-order valence-corrected chi connectivity index (χ0v) is 30.7. The van der Waals surface area contributed by atoms with Gasteiger partial charge in [0.2, 0.25) is 0 Å². The van der Waals surface area contributed by atoms with Gasteiger partial charge in [0.1, 0.15) is 0 Å². The van der Waals surface area contributed by atoms with Crippen molar-refractivity contribution in [3.05, 3.63) is 162 Å². The van der Waals surface area contributed by atoms with Crippen molar-refractivity contribution in [3.63, 3.8) is 0 Å². The summed E-state index contributed by atoms with van der Waals surface area (Å²) < 4.78 is 0. The van der Waals surface area contributed by atoms with E-state index >= 15 is 0 Å². The smallest absolute Gasteiger partial charge is 0.0352 e. The molecule has 7 aromatic rings. The average Bonchev–Trinajstić information content (AvgIpc) is 3.08. The van der Waals surface area contributed by atoms with Crippen molar-refractivity contribution in [3.8, 4) is 44.8 Å². The van der Waals surface area contributed by atoms with Crippen LogP contribution in [0.25, 0.3) is 55.5 Å². The maximum Gasteiger partial charge on any atom is 0.0352 e. The largest absolute Gasteiger partial charge is 0.305 e. The molecule has 48 heavy (non-hydrogen) atoms. The van der Waals surface area contributed by atoms with E-state index in [9.17, 15) is 0 Å². The van der Waals surface area contributed by atoms with Crippen molar-refractivity contribution in [2.24, 2.45) is 0 Å². The van der Waals surface area contributed by atoms with Gasteiger partial charge in [-0.2, -0.15) is 0 Å².